The number of benzene rings is 1. The fraction of sp³-hybridized carbons (Fsp3) is 0.467. The van der Waals surface area contributed by atoms with E-state index in [1.807, 2.05) is 6.92 Å². The normalized spacial score (nSPS) is 12.3. The summed E-state index contributed by atoms with van der Waals surface area (Å²) in [5, 5.41) is 2.79. The molecule has 104 valence electrons. The maximum Gasteiger partial charge on any atom is 0.237 e. The summed E-state index contributed by atoms with van der Waals surface area (Å²) in [4.78, 5) is 23.1. The van der Waals surface area contributed by atoms with Crippen LogP contribution < -0.4 is 5.32 Å². The Bertz CT molecular complexity index is 440. The van der Waals surface area contributed by atoms with Gasteiger partial charge >= 0.3 is 0 Å². The van der Waals surface area contributed by atoms with Crippen LogP contribution in [0, 0.1) is 5.92 Å². The average molecular weight is 279 g/mol. The summed E-state index contributed by atoms with van der Waals surface area (Å²) in [6, 6.07) is 6.97. The first-order valence-corrected chi connectivity index (χ1v) is 7.48. The van der Waals surface area contributed by atoms with E-state index in [9.17, 15) is 9.59 Å². The number of hydrogen-bond donors (Lipinski definition) is 1. The number of carbonyl (C=O) groups is 2. The van der Waals surface area contributed by atoms with Crippen LogP contribution in [-0.2, 0) is 4.79 Å². The van der Waals surface area contributed by atoms with E-state index < -0.39 is 0 Å². The maximum absolute atomic E-state index is 11.9. The molecule has 0 saturated carbocycles. The number of ketones is 1. The Labute approximate surface area is 119 Å². The lowest BCUT2D eigenvalue weighted by Gasteiger charge is -2.13. The number of rotatable bonds is 6. The molecule has 1 atom stereocenters. The van der Waals surface area contributed by atoms with Gasteiger partial charge in [0.15, 0.2) is 5.78 Å². The molecule has 0 spiro atoms. The molecule has 3 nitrogen and oxygen atoms in total. The molecule has 0 saturated heterocycles. The highest BCUT2D eigenvalue weighted by Crippen LogP contribution is 2.17. The van der Waals surface area contributed by atoms with Gasteiger partial charge in [-0.2, -0.15) is 0 Å². The van der Waals surface area contributed by atoms with Crippen molar-refractivity contribution in [3.63, 3.8) is 0 Å². The van der Waals surface area contributed by atoms with Gasteiger partial charge in [-0.3, -0.25) is 9.59 Å². The number of anilines is 1. The lowest BCUT2D eigenvalue weighted by atomic mass is 10.1. The second-order valence-electron chi connectivity index (χ2n) is 4.99. The zero-order valence-electron chi connectivity index (χ0n) is 11.9. The Morgan fingerprint density at radius 1 is 1.16 bits per heavy atom. The summed E-state index contributed by atoms with van der Waals surface area (Å²) in [5.41, 5.74) is 1.38. The molecular weight excluding hydrogens is 258 g/mol. The van der Waals surface area contributed by atoms with E-state index in [1.165, 1.54) is 6.92 Å². The molecule has 4 heteroatoms. The van der Waals surface area contributed by atoms with Gasteiger partial charge < -0.3 is 5.32 Å². The standard InChI is InChI=1S/C15H21NO2S/c1-10(2)9-19-12(4)15(18)16-14-7-5-13(6-8-14)11(3)17/h5-8,10,12H,9H2,1-4H3,(H,16,18). The van der Waals surface area contributed by atoms with Crippen molar-refractivity contribution in [2.75, 3.05) is 11.1 Å². The van der Waals surface area contributed by atoms with Gasteiger partial charge in [0.2, 0.25) is 5.91 Å². The summed E-state index contributed by atoms with van der Waals surface area (Å²) >= 11 is 1.65. The zero-order valence-corrected chi connectivity index (χ0v) is 12.7. The Hall–Kier alpha value is -1.29. The highest BCUT2D eigenvalue weighted by Gasteiger charge is 2.14. The van der Waals surface area contributed by atoms with Crippen molar-refractivity contribution >= 4 is 29.1 Å². The van der Waals surface area contributed by atoms with Crippen LogP contribution in [0.4, 0.5) is 5.69 Å². The van der Waals surface area contributed by atoms with Crippen LogP contribution >= 0.6 is 11.8 Å². The summed E-state index contributed by atoms with van der Waals surface area (Å²) in [6.07, 6.45) is 0. The highest BCUT2D eigenvalue weighted by molar-refractivity contribution is 8.00. The van der Waals surface area contributed by atoms with Crippen LogP contribution in [0.15, 0.2) is 24.3 Å². The molecule has 19 heavy (non-hydrogen) atoms. The quantitative estimate of drug-likeness (QED) is 0.809. The number of hydrogen-bond acceptors (Lipinski definition) is 3. The minimum atomic E-state index is -0.0742. The summed E-state index contributed by atoms with van der Waals surface area (Å²) < 4.78 is 0. The summed E-state index contributed by atoms with van der Waals surface area (Å²) in [6.45, 7) is 7.71. The van der Waals surface area contributed by atoms with E-state index >= 15 is 0 Å². The van der Waals surface area contributed by atoms with Crippen molar-refractivity contribution < 1.29 is 9.59 Å². The Kier molecular flexibility index (Phi) is 6.09. The van der Waals surface area contributed by atoms with Gasteiger partial charge in [-0.15, -0.1) is 11.8 Å². The van der Waals surface area contributed by atoms with Crippen molar-refractivity contribution in [2.45, 2.75) is 32.9 Å². The largest absolute Gasteiger partial charge is 0.325 e. The first-order chi connectivity index (χ1) is 8.90. The van der Waals surface area contributed by atoms with Gasteiger partial charge in [-0.05, 0) is 49.8 Å². The zero-order chi connectivity index (χ0) is 14.4. The van der Waals surface area contributed by atoms with E-state index in [-0.39, 0.29) is 16.9 Å². The van der Waals surface area contributed by atoms with Gasteiger partial charge in [-0.1, -0.05) is 13.8 Å². The number of thioether (sulfide) groups is 1. The lowest BCUT2D eigenvalue weighted by Crippen LogP contribution is -2.23. The minimum absolute atomic E-state index is 0.00113. The van der Waals surface area contributed by atoms with Crippen LogP contribution in [0.25, 0.3) is 0 Å². The van der Waals surface area contributed by atoms with Crippen LogP contribution in [0.2, 0.25) is 0 Å². The molecule has 0 fully saturated rings. The third-order valence-electron chi connectivity index (χ3n) is 2.61. The molecule has 1 aromatic carbocycles. The van der Waals surface area contributed by atoms with Crippen LogP contribution in [0.5, 0.6) is 0 Å². The smallest absolute Gasteiger partial charge is 0.237 e. The van der Waals surface area contributed by atoms with Crippen molar-refractivity contribution in [1.82, 2.24) is 0 Å². The minimum Gasteiger partial charge on any atom is -0.325 e. The van der Waals surface area contributed by atoms with E-state index in [0.717, 1.165) is 11.4 Å². The number of amides is 1. The van der Waals surface area contributed by atoms with E-state index in [0.29, 0.717) is 11.5 Å². The first-order valence-electron chi connectivity index (χ1n) is 6.43. The first kappa shape index (κ1) is 15.8. The van der Waals surface area contributed by atoms with Crippen molar-refractivity contribution in [1.29, 1.82) is 0 Å². The molecule has 0 aliphatic rings. The van der Waals surface area contributed by atoms with Crippen molar-refractivity contribution in [2.24, 2.45) is 5.92 Å². The van der Waals surface area contributed by atoms with Gasteiger partial charge in [0, 0.05) is 11.3 Å². The fourth-order valence-electron chi connectivity index (χ4n) is 1.44. The Morgan fingerprint density at radius 3 is 2.21 bits per heavy atom. The van der Waals surface area contributed by atoms with E-state index in [4.69, 9.17) is 0 Å². The van der Waals surface area contributed by atoms with Crippen molar-refractivity contribution in [3.05, 3.63) is 29.8 Å². The predicted octanol–water partition coefficient (Wildman–Crippen LogP) is 3.61. The number of nitrogens with one attached hydrogen (secondary N) is 1. The average Bonchev–Trinajstić information content (AvgIpc) is 2.36. The molecule has 0 aliphatic carbocycles. The second kappa shape index (κ2) is 7.34. The number of Topliss-reactive ketones (excluding diaryl/α,β-unsaturated/α-hetero) is 1. The fourth-order valence-corrected chi connectivity index (χ4v) is 2.33. The molecular formula is C15H21NO2S. The van der Waals surface area contributed by atoms with Crippen molar-refractivity contribution in [3.8, 4) is 0 Å². The second-order valence-corrected chi connectivity index (χ2v) is 6.37. The van der Waals surface area contributed by atoms with Gasteiger partial charge in [0.25, 0.3) is 0 Å². The number of carbonyl (C=O) groups excluding carboxylic acids is 2. The molecule has 0 aliphatic heterocycles. The predicted molar refractivity (Wildman–Crippen MR) is 81.8 cm³/mol. The maximum atomic E-state index is 11.9. The van der Waals surface area contributed by atoms with Gasteiger partial charge in [-0.25, -0.2) is 0 Å². The third-order valence-corrected chi connectivity index (χ3v) is 4.18. The van der Waals surface area contributed by atoms with Crippen LogP contribution in [0.3, 0.4) is 0 Å². The van der Waals surface area contributed by atoms with Gasteiger partial charge in [0.1, 0.15) is 0 Å². The molecule has 1 unspecified atom stereocenters. The van der Waals surface area contributed by atoms with E-state index in [2.05, 4.69) is 19.2 Å². The molecule has 0 bridgehead atoms. The molecule has 0 radical (unpaired) electrons. The van der Waals surface area contributed by atoms with Gasteiger partial charge in [0.05, 0.1) is 5.25 Å². The molecule has 1 rings (SSSR count). The SMILES string of the molecule is CC(=O)c1ccc(NC(=O)C(C)SCC(C)C)cc1. The Morgan fingerprint density at radius 2 is 1.74 bits per heavy atom. The molecule has 0 aromatic heterocycles. The monoisotopic (exact) mass is 279 g/mol. The topological polar surface area (TPSA) is 46.2 Å². The lowest BCUT2D eigenvalue weighted by molar-refractivity contribution is -0.115. The molecule has 1 N–H and O–H groups in total. The molecule has 0 heterocycles. The van der Waals surface area contributed by atoms with Crippen LogP contribution in [0.1, 0.15) is 38.1 Å². The third kappa shape index (κ3) is 5.47. The highest BCUT2D eigenvalue weighted by atomic mass is 32.2. The summed E-state index contributed by atoms with van der Waals surface area (Å²) in [7, 11) is 0. The van der Waals surface area contributed by atoms with Crippen LogP contribution in [-0.4, -0.2) is 22.7 Å². The summed E-state index contributed by atoms with van der Waals surface area (Å²) in [5.74, 6) is 1.58. The molecule has 1 amide bonds. The molecule has 1 aromatic rings. The Balaban J connectivity index is 2.54. The van der Waals surface area contributed by atoms with E-state index in [1.54, 1.807) is 36.0 Å².